The fourth-order valence-electron chi connectivity index (χ4n) is 3.87. The van der Waals surface area contributed by atoms with Gasteiger partial charge in [-0.1, -0.05) is 11.6 Å². The van der Waals surface area contributed by atoms with Crippen molar-refractivity contribution in [2.45, 2.75) is 12.8 Å². The standard InChI is InChI=1S/C20H29ClFN7O2/c21-16-4-3-15(12-17(16)22)26-18(30)14-2-1-6-29(13-14)20(31)28-10-8-27(9-11-28)7-5-25-19(23)24/h3-4,12,14H,1-2,5-11,13H2,(H,26,30)(H4,23,24,25)/t14-/m0/s1. The van der Waals surface area contributed by atoms with E-state index in [2.05, 4.69) is 15.2 Å². The number of aliphatic imine (C=N–C) groups is 1. The van der Waals surface area contributed by atoms with Crippen molar-refractivity contribution in [2.75, 3.05) is 57.7 Å². The number of carbonyl (C=O) groups excluding carboxylic acids is 2. The molecule has 2 fully saturated rings. The van der Waals surface area contributed by atoms with Gasteiger partial charge in [-0.2, -0.15) is 0 Å². The number of nitrogens with two attached hydrogens (primary N) is 2. The number of nitrogens with zero attached hydrogens (tertiary/aromatic N) is 4. The molecule has 0 bridgehead atoms. The minimum absolute atomic E-state index is 0.00349. The summed E-state index contributed by atoms with van der Waals surface area (Å²) in [5.41, 5.74) is 11.0. The normalized spacial score (nSPS) is 19.7. The predicted octanol–water partition coefficient (Wildman–Crippen LogP) is 1.14. The van der Waals surface area contributed by atoms with E-state index >= 15 is 0 Å². The van der Waals surface area contributed by atoms with Gasteiger partial charge in [-0.05, 0) is 31.0 Å². The summed E-state index contributed by atoms with van der Waals surface area (Å²) in [5, 5.41) is 2.73. The number of nitrogens with one attached hydrogen (secondary N) is 1. The van der Waals surface area contributed by atoms with Gasteiger partial charge in [-0.25, -0.2) is 9.18 Å². The number of halogens is 2. The van der Waals surface area contributed by atoms with Crippen LogP contribution in [0.5, 0.6) is 0 Å². The number of benzene rings is 1. The molecule has 1 atom stereocenters. The topological polar surface area (TPSA) is 120 Å². The van der Waals surface area contributed by atoms with Crippen LogP contribution in [-0.4, -0.2) is 85.0 Å². The van der Waals surface area contributed by atoms with Crippen LogP contribution in [0.4, 0.5) is 14.9 Å². The summed E-state index contributed by atoms with van der Waals surface area (Å²) in [6.07, 6.45) is 1.43. The molecule has 0 saturated carbocycles. The predicted molar refractivity (Wildman–Crippen MR) is 118 cm³/mol. The molecule has 1 aromatic rings. The van der Waals surface area contributed by atoms with E-state index in [1.165, 1.54) is 12.1 Å². The number of piperazine rings is 1. The van der Waals surface area contributed by atoms with Crippen molar-refractivity contribution >= 4 is 35.2 Å². The van der Waals surface area contributed by atoms with Gasteiger partial charge in [-0.3, -0.25) is 14.7 Å². The largest absolute Gasteiger partial charge is 0.370 e. The van der Waals surface area contributed by atoms with E-state index in [1.807, 2.05) is 4.90 Å². The molecule has 3 amide bonds. The van der Waals surface area contributed by atoms with Crippen molar-refractivity contribution in [3.05, 3.63) is 29.0 Å². The van der Waals surface area contributed by atoms with Crippen molar-refractivity contribution in [3.63, 3.8) is 0 Å². The van der Waals surface area contributed by atoms with E-state index in [-0.39, 0.29) is 28.8 Å². The molecule has 2 aliphatic heterocycles. The Morgan fingerprint density at radius 2 is 1.90 bits per heavy atom. The molecule has 2 saturated heterocycles. The summed E-state index contributed by atoms with van der Waals surface area (Å²) in [4.78, 5) is 35.4. The second-order valence-corrected chi connectivity index (χ2v) is 8.23. The number of hydrogen-bond acceptors (Lipinski definition) is 4. The molecule has 0 aromatic heterocycles. The first-order valence-corrected chi connectivity index (χ1v) is 10.8. The van der Waals surface area contributed by atoms with Gasteiger partial charge < -0.3 is 26.6 Å². The number of guanidine groups is 1. The minimum atomic E-state index is -0.586. The Hall–Kier alpha value is -2.59. The van der Waals surface area contributed by atoms with E-state index < -0.39 is 5.82 Å². The van der Waals surface area contributed by atoms with E-state index in [0.29, 0.717) is 44.8 Å². The fraction of sp³-hybridized carbons (Fsp3) is 0.550. The zero-order valence-corrected chi connectivity index (χ0v) is 18.2. The van der Waals surface area contributed by atoms with Crippen LogP contribution >= 0.6 is 11.6 Å². The lowest BCUT2D eigenvalue weighted by molar-refractivity contribution is -0.121. The molecule has 0 spiro atoms. The Morgan fingerprint density at radius 1 is 1.16 bits per heavy atom. The summed E-state index contributed by atoms with van der Waals surface area (Å²) in [7, 11) is 0. The highest BCUT2D eigenvalue weighted by molar-refractivity contribution is 6.30. The third kappa shape index (κ3) is 6.44. The molecule has 11 heteroatoms. The average molecular weight is 454 g/mol. The second kappa shape index (κ2) is 10.6. The monoisotopic (exact) mass is 453 g/mol. The number of hydrogen-bond donors (Lipinski definition) is 3. The van der Waals surface area contributed by atoms with Crippen LogP contribution < -0.4 is 16.8 Å². The van der Waals surface area contributed by atoms with E-state index in [0.717, 1.165) is 26.1 Å². The number of rotatable bonds is 5. The van der Waals surface area contributed by atoms with E-state index in [4.69, 9.17) is 23.1 Å². The fourth-order valence-corrected chi connectivity index (χ4v) is 3.98. The molecule has 0 aliphatic carbocycles. The van der Waals surface area contributed by atoms with Gasteiger partial charge in [-0.15, -0.1) is 0 Å². The Kier molecular flexibility index (Phi) is 7.91. The van der Waals surface area contributed by atoms with Crippen LogP contribution in [0.25, 0.3) is 0 Å². The van der Waals surface area contributed by atoms with Crippen LogP contribution in [0.3, 0.4) is 0 Å². The highest BCUT2D eigenvalue weighted by atomic mass is 35.5. The molecule has 9 nitrogen and oxygen atoms in total. The Labute approximate surface area is 186 Å². The minimum Gasteiger partial charge on any atom is -0.370 e. The molecule has 2 heterocycles. The second-order valence-electron chi connectivity index (χ2n) is 7.82. The zero-order valence-electron chi connectivity index (χ0n) is 17.4. The maximum atomic E-state index is 13.6. The summed E-state index contributed by atoms with van der Waals surface area (Å²) in [5.74, 6) is -1.06. The van der Waals surface area contributed by atoms with Crippen molar-refractivity contribution < 1.29 is 14.0 Å². The Morgan fingerprint density at radius 3 is 2.58 bits per heavy atom. The lowest BCUT2D eigenvalue weighted by atomic mass is 9.97. The highest BCUT2D eigenvalue weighted by Crippen LogP contribution is 2.22. The molecule has 0 radical (unpaired) electrons. The molecule has 0 unspecified atom stereocenters. The van der Waals surface area contributed by atoms with Gasteiger partial charge in [0.1, 0.15) is 5.82 Å². The smallest absolute Gasteiger partial charge is 0.320 e. The van der Waals surface area contributed by atoms with E-state index in [1.54, 1.807) is 11.0 Å². The van der Waals surface area contributed by atoms with Gasteiger partial charge in [0.25, 0.3) is 0 Å². The summed E-state index contributed by atoms with van der Waals surface area (Å²) >= 11 is 5.68. The van der Waals surface area contributed by atoms with Gasteiger partial charge in [0.05, 0.1) is 17.5 Å². The van der Waals surface area contributed by atoms with Gasteiger partial charge in [0.15, 0.2) is 5.96 Å². The van der Waals surface area contributed by atoms with Crippen molar-refractivity contribution in [1.82, 2.24) is 14.7 Å². The lowest BCUT2D eigenvalue weighted by Crippen LogP contribution is -2.55. The van der Waals surface area contributed by atoms with Crippen LogP contribution in [0.2, 0.25) is 5.02 Å². The van der Waals surface area contributed by atoms with Gasteiger partial charge in [0, 0.05) is 51.5 Å². The van der Waals surface area contributed by atoms with E-state index in [9.17, 15) is 14.0 Å². The molecule has 2 aliphatic rings. The third-order valence-corrected chi connectivity index (χ3v) is 5.91. The van der Waals surface area contributed by atoms with Crippen LogP contribution in [-0.2, 0) is 4.79 Å². The number of piperidine rings is 1. The molecular formula is C20H29ClFN7O2. The number of carbonyl (C=O) groups is 2. The third-order valence-electron chi connectivity index (χ3n) is 5.60. The van der Waals surface area contributed by atoms with Gasteiger partial charge >= 0.3 is 6.03 Å². The summed E-state index contributed by atoms with van der Waals surface area (Å²) in [6.45, 7) is 5.02. The molecule has 1 aromatic carbocycles. The average Bonchev–Trinajstić information content (AvgIpc) is 2.76. The van der Waals surface area contributed by atoms with Crippen molar-refractivity contribution in [1.29, 1.82) is 0 Å². The van der Waals surface area contributed by atoms with Crippen LogP contribution in [0, 0.1) is 11.7 Å². The Balaban J connectivity index is 1.48. The first-order chi connectivity index (χ1) is 14.8. The maximum absolute atomic E-state index is 13.6. The molecule has 170 valence electrons. The van der Waals surface area contributed by atoms with Gasteiger partial charge in [0.2, 0.25) is 5.91 Å². The number of urea groups is 1. The molecule has 31 heavy (non-hydrogen) atoms. The van der Waals surface area contributed by atoms with Crippen molar-refractivity contribution in [2.24, 2.45) is 22.4 Å². The Bertz CT molecular complexity index is 826. The summed E-state index contributed by atoms with van der Waals surface area (Å²) in [6, 6.07) is 4.11. The number of anilines is 1. The molecule has 3 rings (SSSR count). The highest BCUT2D eigenvalue weighted by Gasteiger charge is 2.32. The lowest BCUT2D eigenvalue weighted by Gasteiger charge is -2.39. The summed E-state index contributed by atoms with van der Waals surface area (Å²) < 4.78 is 13.6. The zero-order chi connectivity index (χ0) is 22.4. The van der Waals surface area contributed by atoms with Crippen LogP contribution in [0.15, 0.2) is 23.2 Å². The van der Waals surface area contributed by atoms with Crippen molar-refractivity contribution in [3.8, 4) is 0 Å². The quantitative estimate of drug-likeness (QED) is 0.456. The maximum Gasteiger partial charge on any atom is 0.320 e. The number of amides is 3. The molecular weight excluding hydrogens is 425 g/mol. The first-order valence-electron chi connectivity index (χ1n) is 10.4. The number of likely N-dealkylation sites (tertiary alicyclic amines) is 1. The SMILES string of the molecule is NC(N)=NCCN1CCN(C(=O)N2CCC[C@H](C(=O)Nc3ccc(Cl)c(F)c3)C2)CC1. The first kappa shape index (κ1) is 23.1. The molecule has 5 N–H and O–H groups in total. The van der Waals surface area contributed by atoms with Crippen LogP contribution in [0.1, 0.15) is 12.8 Å².